The normalized spacial score (nSPS) is 10.4. The molecule has 0 saturated carbocycles. The standard InChI is InChI=1S/C16H15N3O3/c17-16(21)13-8-4-5-9-14(13)22-11-15(20)19-18-10-12-6-2-1-3-7-12/h1-10H,11H2,(H2,17,21)(H,19,20)/b18-10-. The van der Waals surface area contributed by atoms with Crippen LogP contribution in [0.3, 0.4) is 0 Å². The molecule has 0 heterocycles. The molecule has 3 N–H and O–H groups in total. The van der Waals surface area contributed by atoms with Crippen molar-refractivity contribution < 1.29 is 14.3 Å². The number of para-hydroxylation sites is 1. The number of hydrazone groups is 1. The Morgan fingerprint density at radius 3 is 2.50 bits per heavy atom. The van der Waals surface area contributed by atoms with Crippen LogP contribution in [0.5, 0.6) is 5.75 Å². The van der Waals surface area contributed by atoms with Gasteiger partial charge in [-0.05, 0) is 17.7 Å². The Hall–Kier alpha value is -3.15. The molecule has 0 aliphatic rings. The van der Waals surface area contributed by atoms with Crippen molar-refractivity contribution in [1.82, 2.24) is 5.43 Å². The lowest BCUT2D eigenvalue weighted by molar-refractivity contribution is -0.123. The summed E-state index contributed by atoms with van der Waals surface area (Å²) in [7, 11) is 0. The van der Waals surface area contributed by atoms with Crippen LogP contribution in [0.25, 0.3) is 0 Å². The van der Waals surface area contributed by atoms with Gasteiger partial charge in [-0.3, -0.25) is 9.59 Å². The second-order valence-electron chi connectivity index (χ2n) is 4.35. The Kier molecular flexibility index (Phi) is 5.25. The van der Waals surface area contributed by atoms with E-state index in [1.807, 2.05) is 30.3 Å². The Morgan fingerprint density at radius 1 is 1.09 bits per heavy atom. The molecule has 0 aliphatic heterocycles. The quantitative estimate of drug-likeness (QED) is 0.622. The van der Waals surface area contributed by atoms with Gasteiger partial charge in [-0.1, -0.05) is 42.5 Å². The number of nitrogens with two attached hydrogens (primary N) is 1. The van der Waals surface area contributed by atoms with Crippen LogP contribution < -0.4 is 15.9 Å². The summed E-state index contributed by atoms with van der Waals surface area (Å²) in [5, 5.41) is 3.82. The minimum absolute atomic E-state index is 0.225. The maximum Gasteiger partial charge on any atom is 0.277 e. The number of hydrogen-bond acceptors (Lipinski definition) is 4. The lowest BCUT2D eigenvalue weighted by Crippen LogP contribution is -2.25. The van der Waals surface area contributed by atoms with Crippen LogP contribution in [-0.2, 0) is 4.79 Å². The Labute approximate surface area is 127 Å². The van der Waals surface area contributed by atoms with E-state index in [9.17, 15) is 9.59 Å². The van der Waals surface area contributed by atoms with E-state index in [0.29, 0.717) is 0 Å². The van der Waals surface area contributed by atoms with Gasteiger partial charge in [-0.25, -0.2) is 5.43 Å². The molecule has 112 valence electrons. The summed E-state index contributed by atoms with van der Waals surface area (Å²) in [6, 6.07) is 15.8. The first-order chi connectivity index (χ1) is 10.7. The number of benzene rings is 2. The van der Waals surface area contributed by atoms with E-state index < -0.39 is 11.8 Å². The molecule has 0 aliphatic carbocycles. The molecule has 0 atom stereocenters. The monoisotopic (exact) mass is 297 g/mol. The van der Waals surface area contributed by atoms with Gasteiger partial charge in [0.2, 0.25) is 0 Å². The Morgan fingerprint density at radius 2 is 1.77 bits per heavy atom. The smallest absolute Gasteiger partial charge is 0.277 e. The summed E-state index contributed by atoms with van der Waals surface area (Å²) in [4.78, 5) is 22.8. The summed E-state index contributed by atoms with van der Waals surface area (Å²) < 4.78 is 5.28. The molecule has 0 unspecified atom stereocenters. The molecule has 6 nitrogen and oxygen atoms in total. The summed E-state index contributed by atoms with van der Waals surface area (Å²) >= 11 is 0. The molecule has 0 bridgehead atoms. The molecule has 2 aromatic rings. The van der Waals surface area contributed by atoms with Crippen molar-refractivity contribution in [2.75, 3.05) is 6.61 Å². The first-order valence-electron chi connectivity index (χ1n) is 6.55. The van der Waals surface area contributed by atoms with Crippen molar-refractivity contribution in [1.29, 1.82) is 0 Å². The number of rotatable bonds is 6. The molecule has 0 radical (unpaired) electrons. The molecule has 2 aromatic carbocycles. The molecule has 0 aromatic heterocycles. The lowest BCUT2D eigenvalue weighted by atomic mass is 10.2. The maximum absolute atomic E-state index is 11.6. The van der Waals surface area contributed by atoms with Crippen LogP contribution in [-0.4, -0.2) is 24.6 Å². The minimum atomic E-state index is -0.613. The predicted octanol–water partition coefficient (Wildman–Crippen LogP) is 1.31. The second-order valence-corrected chi connectivity index (χ2v) is 4.35. The molecule has 6 heteroatoms. The number of nitrogens with one attached hydrogen (secondary N) is 1. The zero-order chi connectivity index (χ0) is 15.8. The van der Waals surface area contributed by atoms with Gasteiger partial charge in [0.25, 0.3) is 11.8 Å². The molecule has 0 fully saturated rings. The molecular weight excluding hydrogens is 282 g/mol. The van der Waals surface area contributed by atoms with Crippen LogP contribution in [0, 0.1) is 0 Å². The van der Waals surface area contributed by atoms with Gasteiger partial charge < -0.3 is 10.5 Å². The van der Waals surface area contributed by atoms with Gasteiger partial charge >= 0.3 is 0 Å². The van der Waals surface area contributed by atoms with Crippen LogP contribution in [0.4, 0.5) is 0 Å². The van der Waals surface area contributed by atoms with Gasteiger partial charge in [0.05, 0.1) is 11.8 Å². The topological polar surface area (TPSA) is 93.8 Å². The van der Waals surface area contributed by atoms with Gasteiger partial charge in [0.1, 0.15) is 5.75 Å². The summed E-state index contributed by atoms with van der Waals surface area (Å²) in [5.74, 6) is -0.790. The average Bonchev–Trinajstić information content (AvgIpc) is 2.54. The lowest BCUT2D eigenvalue weighted by Gasteiger charge is -2.08. The van der Waals surface area contributed by atoms with E-state index in [2.05, 4.69) is 10.5 Å². The van der Waals surface area contributed by atoms with Gasteiger partial charge in [-0.2, -0.15) is 5.10 Å². The number of ether oxygens (including phenoxy) is 1. The number of primary amides is 1. The Bertz CT molecular complexity index is 684. The van der Waals surface area contributed by atoms with E-state index in [1.54, 1.807) is 18.2 Å². The van der Waals surface area contributed by atoms with E-state index in [4.69, 9.17) is 10.5 Å². The summed E-state index contributed by atoms with van der Waals surface area (Å²) in [6.45, 7) is -0.267. The molecule has 2 amide bonds. The van der Waals surface area contributed by atoms with E-state index in [-0.39, 0.29) is 17.9 Å². The second kappa shape index (κ2) is 7.58. The third kappa shape index (κ3) is 4.45. The van der Waals surface area contributed by atoms with Crippen LogP contribution in [0.15, 0.2) is 59.7 Å². The minimum Gasteiger partial charge on any atom is -0.483 e. The number of nitrogens with zero attached hydrogens (tertiary/aromatic N) is 1. The SMILES string of the molecule is NC(=O)c1ccccc1OCC(=O)N/N=C\c1ccccc1. The number of hydrogen-bond donors (Lipinski definition) is 2. The van der Waals surface area contributed by atoms with Gasteiger partial charge in [0, 0.05) is 0 Å². The van der Waals surface area contributed by atoms with E-state index >= 15 is 0 Å². The van der Waals surface area contributed by atoms with Crippen LogP contribution in [0.2, 0.25) is 0 Å². The summed E-state index contributed by atoms with van der Waals surface area (Å²) in [6.07, 6.45) is 1.52. The first-order valence-corrected chi connectivity index (χ1v) is 6.55. The third-order valence-electron chi connectivity index (χ3n) is 2.71. The summed E-state index contributed by atoms with van der Waals surface area (Å²) in [5.41, 5.74) is 8.65. The molecule has 2 rings (SSSR count). The van der Waals surface area contributed by atoms with Crippen molar-refractivity contribution in [2.45, 2.75) is 0 Å². The first kappa shape index (κ1) is 15.2. The highest BCUT2D eigenvalue weighted by molar-refractivity contribution is 5.95. The highest BCUT2D eigenvalue weighted by Crippen LogP contribution is 2.16. The molecule has 0 spiro atoms. The molecule has 22 heavy (non-hydrogen) atoms. The highest BCUT2D eigenvalue weighted by Gasteiger charge is 2.09. The zero-order valence-corrected chi connectivity index (χ0v) is 11.7. The zero-order valence-electron chi connectivity index (χ0n) is 11.7. The average molecular weight is 297 g/mol. The predicted molar refractivity (Wildman–Crippen MR) is 82.6 cm³/mol. The van der Waals surface area contributed by atoms with Gasteiger partial charge in [-0.15, -0.1) is 0 Å². The maximum atomic E-state index is 11.6. The van der Waals surface area contributed by atoms with Crippen molar-refractivity contribution >= 4 is 18.0 Å². The number of carbonyl (C=O) groups is 2. The fourth-order valence-electron chi connectivity index (χ4n) is 1.69. The van der Waals surface area contributed by atoms with Crippen molar-refractivity contribution in [3.8, 4) is 5.75 Å². The number of carbonyl (C=O) groups excluding carboxylic acids is 2. The van der Waals surface area contributed by atoms with Gasteiger partial charge in [0.15, 0.2) is 6.61 Å². The van der Waals surface area contributed by atoms with Crippen LogP contribution >= 0.6 is 0 Å². The van der Waals surface area contributed by atoms with Crippen LogP contribution in [0.1, 0.15) is 15.9 Å². The highest BCUT2D eigenvalue weighted by atomic mass is 16.5. The third-order valence-corrected chi connectivity index (χ3v) is 2.71. The van der Waals surface area contributed by atoms with Crippen molar-refractivity contribution in [3.05, 3.63) is 65.7 Å². The molecular formula is C16H15N3O3. The molecule has 0 saturated heterocycles. The van der Waals surface area contributed by atoms with Crippen molar-refractivity contribution in [3.63, 3.8) is 0 Å². The Balaban J connectivity index is 1.86. The fraction of sp³-hybridized carbons (Fsp3) is 0.0625. The van der Waals surface area contributed by atoms with Crippen molar-refractivity contribution in [2.24, 2.45) is 10.8 Å². The number of amides is 2. The fourth-order valence-corrected chi connectivity index (χ4v) is 1.69. The largest absolute Gasteiger partial charge is 0.483 e. The van der Waals surface area contributed by atoms with E-state index in [1.165, 1.54) is 12.3 Å². The van der Waals surface area contributed by atoms with E-state index in [0.717, 1.165) is 5.56 Å².